The van der Waals surface area contributed by atoms with Crippen molar-refractivity contribution in [3.8, 4) is 11.1 Å². The smallest absolute Gasteiger partial charge is 0.402 e. The first-order valence-electron chi connectivity index (χ1n) is 12.7. The molecule has 0 N–H and O–H groups in total. The van der Waals surface area contributed by atoms with E-state index in [9.17, 15) is 0 Å². The second-order valence-corrected chi connectivity index (χ2v) is 10.5. The average Bonchev–Trinajstić information content (AvgIpc) is 3.19. The van der Waals surface area contributed by atoms with Crippen molar-refractivity contribution in [3.05, 3.63) is 103 Å². The van der Waals surface area contributed by atoms with Crippen LogP contribution in [0.15, 0.2) is 103 Å². The molecule has 6 aromatic rings. The molecule has 0 saturated carbocycles. The molecule has 7 rings (SSSR count). The summed E-state index contributed by atoms with van der Waals surface area (Å²) in [5.41, 5.74) is 3.23. The van der Waals surface area contributed by atoms with E-state index < -0.39 is 0 Å². The van der Waals surface area contributed by atoms with Crippen LogP contribution in [-0.4, -0.2) is 18.8 Å². The van der Waals surface area contributed by atoms with Crippen LogP contribution in [0.2, 0.25) is 0 Å². The van der Waals surface area contributed by atoms with Gasteiger partial charge in [0.25, 0.3) is 0 Å². The van der Waals surface area contributed by atoms with Crippen LogP contribution in [0.1, 0.15) is 20.8 Å². The number of rotatable bonds is 2. The average molecular weight is 466 g/mol. The molecular weight excluding hydrogens is 439 g/mol. The summed E-state index contributed by atoms with van der Waals surface area (Å²) >= 11 is 0. The summed E-state index contributed by atoms with van der Waals surface area (Å²) < 4.78 is 12.3. The number of benzene rings is 6. The molecule has 1 aliphatic heterocycles. The monoisotopic (exact) mass is 466 g/mol. The summed E-state index contributed by atoms with van der Waals surface area (Å²) in [6.45, 7) is 6.24. The summed E-state index contributed by atoms with van der Waals surface area (Å²) in [7, 11) is -0.317. The minimum atomic E-state index is -0.317. The van der Waals surface area contributed by atoms with Crippen molar-refractivity contribution < 1.29 is 9.31 Å². The molecule has 3 heteroatoms. The first-order chi connectivity index (χ1) is 17.5. The maximum Gasteiger partial charge on any atom is 0.494 e. The van der Waals surface area contributed by atoms with Gasteiger partial charge >= 0.3 is 7.12 Å². The Morgan fingerprint density at radius 3 is 1.75 bits per heavy atom. The van der Waals surface area contributed by atoms with Gasteiger partial charge in [-0.15, -0.1) is 0 Å². The molecule has 0 bridgehead atoms. The van der Waals surface area contributed by atoms with Gasteiger partial charge in [0.05, 0.1) is 11.7 Å². The predicted molar refractivity (Wildman–Crippen MR) is 153 cm³/mol. The summed E-state index contributed by atoms with van der Waals surface area (Å²) in [4.78, 5) is 0. The van der Waals surface area contributed by atoms with Crippen molar-refractivity contribution in [1.82, 2.24) is 0 Å². The van der Waals surface area contributed by atoms with Crippen LogP contribution in [0.4, 0.5) is 0 Å². The highest BCUT2D eigenvalue weighted by atomic mass is 16.7. The Morgan fingerprint density at radius 1 is 0.583 bits per heavy atom. The summed E-state index contributed by atoms with van der Waals surface area (Å²) in [5.74, 6) is 0. The van der Waals surface area contributed by atoms with Gasteiger partial charge in [-0.3, -0.25) is 0 Å². The molecule has 1 aliphatic rings. The van der Waals surface area contributed by atoms with E-state index in [2.05, 4.69) is 124 Å². The van der Waals surface area contributed by atoms with Crippen LogP contribution < -0.4 is 5.46 Å². The van der Waals surface area contributed by atoms with Crippen LogP contribution in [0.5, 0.6) is 0 Å². The highest BCUT2D eigenvalue weighted by Crippen LogP contribution is 2.37. The first kappa shape index (κ1) is 21.6. The van der Waals surface area contributed by atoms with Crippen molar-refractivity contribution >= 4 is 55.7 Å². The van der Waals surface area contributed by atoms with Crippen LogP contribution >= 0.6 is 0 Å². The fourth-order valence-corrected chi connectivity index (χ4v) is 5.57. The third-order valence-corrected chi connectivity index (χ3v) is 7.93. The molecule has 1 heterocycles. The lowest BCUT2D eigenvalue weighted by atomic mass is 9.78. The van der Waals surface area contributed by atoms with Gasteiger partial charge in [-0.1, -0.05) is 91.0 Å². The van der Waals surface area contributed by atoms with Crippen molar-refractivity contribution in [2.24, 2.45) is 0 Å². The van der Waals surface area contributed by atoms with Gasteiger partial charge in [0, 0.05) is 0 Å². The van der Waals surface area contributed by atoms with Gasteiger partial charge in [-0.2, -0.15) is 0 Å². The Bertz CT molecular complexity index is 1770. The molecule has 0 spiro atoms. The minimum Gasteiger partial charge on any atom is -0.402 e. The van der Waals surface area contributed by atoms with Crippen molar-refractivity contribution in [3.63, 3.8) is 0 Å². The topological polar surface area (TPSA) is 18.5 Å². The van der Waals surface area contributed by atoms with E-state index in [-0.39, 0.29) is 18.8 Å². The SMILES string of the molecule is CC1OB(c2ccc3cc(-c4ccc5c6ccccc6c6ccccc6c5c4)ccc3c2)OC1(C)C. The van der Waals surface area contributed by atoms with Crippen molar-refractivity contribution in [2.45, 2.75) is 32.5 Å². The van der Waals surface area contributed by atoms with E-state index >= 15 is 0 Å². The largest absolute Gasteiger partial charge is 0.494 e. The standard InChI is InChI=1S/C33H27BO2/c1-21-33(2,3)36-34(35-21)26-16-14-23-18-22(12-13-24(23)19-26)25-15-17-31-29-10-5-4-8-27(29)28-9-6-7-11-30(28)32(31)20-25/h4-21H,1-3H3. The molecular formula is C33H27BO2. The summed E-state index contributed by atoms with van der Waals surface area (Å²) in [6, 6.07) is 37.6. The number of fused-ring (bicyclic) bond motifs is 7. The van der Waals surface area contributed by atoms with Crippen molar-refractivity contribution in [1.29, 1.82) is 0 Å². The van der Waals surface area contributed by atoms with E-state index in [0.717, 1.165) is 5.46 Å². The molecule has 2 nitrogen and oxygen atoms in total. The predicted octanol–water partition coefficient (Wildman–Crippen LogP) is 7.88. The third kappa shape index (κ3) is 3.35. The molecule has 1 atom stereocenters. The zero-order valence-corrected chi connectivity index (χ0v) is 20.8. The lowest BCUT2D eigenvalue weighted by Gasteiger charge is -2.21. The van der Waals surface area contributed by atoms with Crippen LogP contribution in [0, 0.1) is 0 Å². The maximum atomic E-state index is 6.17. The molecule has 0 amide bonds. The number of hydrogen-bond donors (Lipinski definition) is 0. The van der Waals surface area contributed by atoms with E-state index in [4.69, 9.17) is 9.31 Å². The Hall–Kier alpha value is -3.66. The molecule has 0 radical (unpaired) electrons. The summed E-state index contributed by atoms with van der Waals surface area (Å²) in [6.07, 6.45) is 0.0571. The fourth-order valence-electron chi connectivity index (χ4n) is 5.57. The minimum absolute atomic E-state index is 0.0571. The fraction of sp³-hybridized carbons (Fsp3) is 0.152. The lowest BCUT2D eigenvalue weighted by Crippen LogP contribution is -2.34. The van der Waals surface area contributed by atoms with Gasteiger partial charge in [0.2, 0.25) is 0 Å². The number of hydrogen-bond acceptors (Lipinski definition) is 2. The highest BCUT2D eigenvalue weighted by molar-refractivity contribution is 6.62. The molecule has 1 unspecified atom stereocenters. The van der Waals surface area contributed by atoms with Crippen molar-refractivity contribution in [2.75, 3.05) is 0 Å². The van der Waals surface area contributed by atoms with E-state index in [1.807, 2.05) is 0 Å². The molecule has 0 aromatic heterocycles. The molecule has 1 saturated heterocycles. The molecule has 36 heavy (non-hydrogen) atoms. The Morgan fingerprint density at radius 2 is 1.11 bits per heavy atom. The second-order valence-electron chi connectivity index (χ2n) is 10.5. The van der Waals surface area contributed by atoms with E-state index in [0.29, 0.717) is 0 Å². The first-order valence-corrected chi connectivity index (χ1v) is 12.7. The van der Waals surface area contributed by atoms with E-state index in [1.54, 1.807) is 0 Å². The normalized spacial score (nSPS) is 17.5. The van der Waals surface area contributed by atoms with Gasteiger partial charge in [-0.25, -0.2) is 0 Å². The molecule has 1 fully saturated rings. The lowest BCUT2D eigenvalue weighted by molar-refractivity contribution is 0.0842. The Balaban J connectivity index is 1.33. The van der Waals surface area contributed by atoms with Crippen LogP contribution in [0.25, 0.3) is 54.2 Å². The Kier molecular flexibility index (Phi) is 4.76. The third-order valence-electron chi connectivity index (χ3n) is 7.93. The zero-order valence-electron chi connectivity index (χ0n) is 20.8. The molecule has 174 valence electrons. The van der Waals surface area contributed by atoms with E-state index in [1.165, 1.54) is 54.2 Å². The van der Waals surface area contributed by atoms with Gasteiger partial charge in [0.1, 0.15) is 0 Å². The summed E-state index contributed by atoms with van der Waals surface area (Å²) in [5, 5.41) is 10.2. The van der Waals surface area contributed by atoms with Gasteiger partial charge < -0.3 is 9.31 Å². The second kappa shape index (κ2) is 7.93. The van der Waals surface area contributed by atoms with Crippen LogP contribution in [-0.2, 0) is 9.31 Å². The molecule has 6 aromatic carbocycles. The van der Waals surface area contributed by atoms with Gasteiger partial charge in [-0.05, 0) is 92.6 Å². The maximum absolute atomic E-state index is 6.17. The van der Waals surface area contributed by atoms with Gasteiger partial charge in [0.15, 0.2) is 0 Å². The molecule has 0 aliphatic carbocycles. The Labute approximate surface area is 211 Å². The zero-order chi connectivity index (χ0) is 24.4. The van der Waals surface area contributed by atoms with Crippen LogP contribution in [0.3, 0.4) is 0 Å². The quantitative estimate of drug-likeness (QED) is 0.191. The highest BCUT2D eigenvalue weighted by Gasteiger charge is 2.43.